The van der Waals surface area contributed by atoms with Crippen LogP contribution >= 0.6 is 0 Å². The minimum Gasteiger partial charge on any atom is -0.347 e. The van der Waals surface area contributed by atoms with E-state index in [1.54, 1.807) is 33.0 Å². The maximum Gasteiger partial charge on any atom is 0.239 e. The third-order valence-corrected chi connectivity index (χ3v) is 3.73. The molecule has 0 saturated carbocycles. The Kier molecular flexibility index (Phi) is 5.90. The van der Waals surface area contributed by atoms with Gasteiger partial charge in [-0.15, -0.1) is 0 Å². The Bertz CT molecular complexity index is 526. The highest BCUT2D eigenvalue weighted by molar-refractivity contribution is 5.93. The van der Waals surface area contributed by atoms with Gasteiger partial charge in [-0.1, -0.05) is 12.1 Å². The summed E-state index contributed by atoms with van der Waals surface area (Å²) in [6.45, 7) is 5.96. The minimum atomic E-state index is -0.329. The summed E-state index contributed by atoms with van der Waals surface area (Å²) in [5.74, 6) is -0.137. The molecule has 5 nitrogen and oxygen atoms in total. The highest BCUT2D eigenvalue weighted by Gasteiger charge is 2.21. The first-order valence-electron chi connectivity index (χ1n) is 7.01. The molecule has 21 heavy (non-hydrogen) atoms. The third-order valence-electron chi connectivity index (χ3n) is 3.73. The van der Waals surface area contributed by atoms with Crippen molar-refractivity contribution >= 4 is 17.5 Å². The molecule has 1 atom stereocenters. The highest BCUT2D eigenvalue weighted by atomic mass is 16.2. The maximum absolute atomic E-state index is 12.1. The van der Waals surface area contributed by atoms with Gasteiger partial charge in [0.2, 0.25) is 11.8 Å². The molecule has 5 heteroatoms. The predicted molar refractivity (Wildman–Crippen MR) is 85.3 cm³/mol. The van der Waals surface area contributed by atoms with Gasteiger partial charge in [-0.3, -0.25) is 14.5 Å². The van der Waals surface area contributed by atoms with Gasteiger partial charge in [0, 0.05) is 19.8 Å². The fraction of sp³-hybridized carbons (Fsp3) is 0.500. The molecule has 0 aliphatic carbocycles. The zero-order valence-corrected chi connectivity index (χ0v) is 13.7. The molecule has 2 amide bonds. The van der Waals surface area contributed by atoms with Crippen LogP contribution in [0, 0.1) is 13.8 Å². The third kappa shape index (κ3) is 4.56. The van der Waals surface area contributed by atoms with Crippen molar-refractivity contribution < 1.29 is 9.59 Å². The van der Waals surface area contributed by atoms with Crippen molar-refractivity contribution in [1.29, 1.82) is 0 Å². The average molecular weight is 291 g/mol. The summed E-state index contributed by atoms with van der Waals surface area (Å²) in [6.07, 6.45) is 0. The number of nitrogens with one attached hydrogen (secondary N) is 1. The van der Waals surface area contributed by atoms with E-state index in [2.05, 4.69) is 5.32 Å². The van der Waals surface area contributed by atoms with Gasteiger partial charge in [-0.25, -0.2) is 0 Å². The summed E-state index contributed by atoms with van der Waals surface area (Å²) in [5.41, 5.74) is 3.02. The van der Waals surface area contributed by atoms with Crippen LogP contribution in [-0.2, 0) is 9.59 Å². The molecule has 0 aromatic heterocycles. The predicted octanol–water partition coefficient (Wildman–Crippen LogP) is 1.65. The molecule has 1 rings (SSSR count). The van der Waals surface area contributed by atoms with Crippen LogP contribution in [-0.4, -0.2) is 55.3 Å². The monoisotopic (exact) mass is 291 g/mol. The Morgan fingerprint density at radius 1 is 1.19 bits per heavy atom. The quantitative estimate of drug-likeness (QED) is 0.897. The molecule has 1 aromatic rings. The van der Waals surface area contributed by atoms with Gasteiger partial charge in [0.05, 0.1) is 12.6 Å². The first kappa shape index (κ1) is 17.2. The molecule has 1 N–H and O–H groups in total. The van der Waals surface area contributed by atoms with Crippen molar-refractivity contribution in [2.24, 2.45) is 0 Å². The SMILES string of the molecule is Cc1cccc(NC(=O)CN(C)[C@H](C)C(=O)N(C)C)c1C. The van der Waals surface area contributed by atoms with Crippen molar-refractivity contribution in [3.05, 3.63) is 29.3 Å². The molecule has 0 aliphatic heterocycles. The van der Waals surface area contributed by atoms with E-state index in [0.29, 0.717) is 0 Å². The van der Waals surface area contributed by atoms with Crippen molar-refractivity contribution in [3.8, 4) is 0 Å². The maximum atomic E-state index is 12.1. The normalized spacial score (nSPS) is 12.1. The van der Waals surface area contributed by atoms with Crippen LogP contribution in [0.25, 0.3) is 0 Å². The largest absolute Gasteiger partial charge is 0.347 e. The summed E-state index contributed by atoms with van der Waals surface area (Å²) in [4.78, 5) is 27.3. The lowest BCUT2D eigenvalue weighted by Crippen LogP contribution is -2.45. The zero-order valence-electron chi connectivity index (χ0n) is 13.7. The number of rotatable bonds is 5. The molecule has 0 heterocycles. The number of benzene rings is 1. The van der Waals surface area contributed by atoms with Gasteiger partial charge in [0.1, 0.15) is 0 Å². The lowest BCUT2D eigenvalue weighted by molar-refractivity contribution is -0.133. The lowest BCUT2D eigenvalue weighted by Gasteiger charge is -2.25. The fourth-order valence-corrected chi connectivity index (χ4v) is 2.00. The molecular formula is C16H25N3O2. The molecule has 0 aliphatic rings. The van der Waals surface area contributed by atoms with Crippen molar-refractivity contribution in [2.75, 3.05) is 33.0 Å². The van der Waals surface area contributed by atoms with E-state index in [1.165, 1.54) is 4.90 Å². The first-order valence-corrected chi connectivity index (χ1v) is 7.01. The smallest absolute Gasteiger partial charge is 0.239 e. The van der Waals surface area contributed by atoms with E-state index < -0.39 is 0 Å². The Morgan fingerprint density at radius 2 is 1.81 bits per heavy atom. The number of likely N-dealkylation sites (N-methyl/N-ethyl adjacent to an activating group) is 2. The van der Waals surface area contributed by atoms with Crippen molar-refractivity contribution in [1.82, 2.24) is 9.80 Å². The van der Waals surface area contributed by atoms with E-state index in [1.807, 2.05) is 32.0 Å². The van der Waals surface area contributed by atoms with E-state index in [0.717, 1.165) is 16.8 Å². The molecular weight excluding hydrogens is 266 g/mol. The van der Waals surface area contributed by atoms with Gasteiger partial charge in [-0.05, 0) is 45.0 Å². The van der Waals surface area contributed by atoms with Gasteiger partial charge < -0.3 is 10.2 Å². The van der Waals surface area contributed by atoms with Crippen LogP contribution in [0.15, 0.2) is 18.2 Å². The second kappa shape index (κ2) is 7.22. The number of amides is 2. The molecule has 0 spiro atoms. The number of anilines is 1. The summed E-state index contributed by atoms with van der Waals surface area (Å²) in [6, 6.07) is 5.48. The van der Waals surface area contributed by atoms with Crippen LogP contribution < -0.4 is 5.32 Å². The average Bonchev–Trinajstić information content (AvgIpc) is 2.41. The molecule has 0 radical (unpaired) electrons. The zero-order chi connectivity index (χ0) is 16.2. The summed E-state index contributed by atoms with van der Waals surface area (Å²) >= 11 is 0. The fourth-order valence-electron chi connectivity index (χ4n) is 2.00. The summed E-state index contributed by atoms with van der Waals surface area (Å²) in [7, 11) is 5.19. The Hall–Kier alpha value is -1.88. The van der Waals surface area contributed by atoms with Crippen LogP contribution in [0.1, 0.15) is 18.1 Å². The number of hydrogen-bond donors (Lipinski definition) is 1. The molecule has 1 aromatic carbocycles. The van der Waals surface area contributed by atoms with E-state index >= 15 is 0 Å². The Labute approximate surface area is 126 Å². The Balaban J connectivity index is 2.65. The van der Waals surface area contributed by atoms with Crippen LogP contribution in [0.3, 0.4) is 0 Å². The molecule has 0 saturated heterocycles. The van der Waals surface area contributed by atoms with Gasteiger partial charge >= 0.3 is 0 Å². The number of carbonyl (C=O) groups excluding carboxylic acids is 2. The van der Waals surface area contributed by atoms with Crippen LogP contribution in [0.2, 0.25) is 0 Å². The van der Waals surface area contributed by atoms with E-state index in [9.17, 15) is 9.59 Å². The second-order valence-electron chi connectivity index (χ2n) is 5.62. The van der Waals surface area contributed by atoms with Gasteiger partial charge in [-0.2, -0.15) is 0 Å². The number of aryl methyl sites for hydroxylation is 1. The van der Waals surface area contributed by atoms with Gasteiger partial charge in [0.15, 0.2) is 0 Å². The van der Waals surface area contributed by atoms with E-state index in [-0.39, 0.29) is 24.4 Å². The van der Waals surface area contributed by atoms with Crippen LogP contribution in [0.5, 0.6) is 0 Å². The number of carbonyl (C=O) groups is 2. The molecule has 0 unspecified atom stereocenters. The topological polar surface area (TPSA) is 52.7 Å². The van der Waals surface area contributed by atoms with Crippen molar-refractivity contribution in [2.45, 2.75) is 26.8 Å². The standard InChI is InChI=1S/C16H25N3O2/c1-11-8-7-9-14(12(11)2)17-15(20)10-19(6)13(3)16(21)18(4)5/h7-9,13H,10H2,1-6H3,(H,17,20)/t13-/m1/s1. The summed E-state index contributed by atoms with van der Waals surface area (Å²) < 4.78 is 0. The van der Waals surface area contributed by atoms with Gasteiger partial charge in [0.25, 0.3) is 0 Å². The number of hydrogen-bond acceptors (Lipinski definition) is 3. The highest BCUT2D eigenvalue weighted by Crippen LogP contribution is 2.17. The number of nitrogens with zero attached hydrogens (tertiary/aromatic N) is 2. The molecule has 0 bridgehead atoms. The minimum absolute atomic E-state index is 0.0166. The first-order chi connectivity index (χ1) is 9.73. The lowest BCUT2D eigenvalue weighted by atomic mass is 10.1. The Morgan fingerprint density at radius 3 is 2.38 bits per heavy atom. The molecule has 0 fully saturated rings. The van der Waals surface area contributed by atoms with Crippen molar-refractivity contribution in [3.63, 3.8) is 0 Å². The van der Waals surface area contributed by atoms with E-state index in [4.69, 9.17) is 0 Å². The molecule has 116 valence electrons. The van der Waals surface area contributed by atoms with Crippen LogP contribution in [0.4, 0.5) is 5.69 Å². The summed E-state index contributed by atoms with van der Waals surface area (Å²) in [5, 5.41) is 2.90. The second-order valence-corrected chi connectivity index (χ2v) is 5.62.